The van der Waals surface area contributed by atoms with Crippen LogP contribution in [-0.2, 0) is 4.79 Å². The summed E-state index contributed by atoms with van der Waals surface area (Å²) in [7, 11) is 1.89. The van der Waals surface area contributed by atoms with Crippen LogP contribution < -0.4 is 10.2 Å². The van der Waals surface area contributed by atoms with Gasteiger partial charge in [0.2, 0.25) is 5.91 Å². The number of thiazole rings is 1. The van der Waals surface area contributed by atoms with E-state index in [-0.39, 0.29) is 18.5 Å². The fourth-order valence-electron chi connectivity index (χ4n) is 3.42. The molecule has 4 aromatic rings. The Hall–Kier alpha value is -3.19. The van der Waals surface area contributed by atoms with Crippen molar-refractivity contribution in [3.05, 3.63) is 71.4 Å². The van der Waals surface area contributed by atoms with E-state index in [1.165, 1.54) is 5.56 Å². The van der Waals surface area contributed by atoms with Crippen molar-refractivity contribution in [2.75, 3.05) is 18.5 Å². The number of fused-ring (bicyclic) bond motifs is 1. The van der Waals surface area contributed by atoms with E-state index < -0.39 is 0 Å². The smallest absolute Gasteiger partial charge is 0.240 e. The summed E-state index contributed by atoms with van der Waals surface area (Å²) >= 11 is 1.56. The Labute approximate surface area is 180 Å². The maximum absolute atomic E-state index is 12.6. The molecule has 4 rings (SSSR count). The number of anilines is 1. The average molecular weight is 420 g/mol. The van der Waals surface area contributed by atoms with Crippen LogP contribution in [0.15, 0.2) is 54.6 Å². The molecule has 0 aliphatic heterocycles. The first kappa shape index (κ1) is 20.1. The molecule has 0 fully saturated rings. The number of rotatable bonds is 6. The highest BCUT2D eigenvalue weighted by Crippen LogP contribution is 2.32. The van der Waals surface area contributed by atoms with Crippen molar-refractivity contribution >= 4 is 32.7 Å². The predicted octanol–water partition coefficient (Wildman–Crippen LogP) is 4.41. The molecule has 1 atom stereocenters. The maximum Gasteiger partial charge on any atom is 0.240 e. The van der Waals surface area contributed by atoms with Gasteiger partial charge in [0.05, 0.1) is 28.7 Å². The van der Waals surface area contributed by atoms with Crippen molar-refractivity contribution in [2.24, 2.45) is 0 Å². The molecule has 2 aromatic heterocycles. The minimum Gasteiger partial charge on any atom is -0.348 e. The summed E-state index contributed by atoms with van der Waals surface area (Å²) in [4.78, 5) is 19.2. The second kappa shape index (κ2) is 8.28. The second-order valence-corrected chi connectivity index (χ2v) is 8.52. The molecule has 0 spiro atoms. The highest BCUT2D eigenvalue weighted by molar-refractivity contribution is 7.22. The minimum atomic E-state index is -0.0420. The Bertz CT molecular complexity index is 1180. The first-order chi connectivity index (χ1) is 14.4. The molecule has 6 nitrogen and oxygen atoms in total. The maximum atomic E-state index is 12.6. The fourth-order valence-corrected chi connectivity index (χ4v) is 4.37. The molecule has 0 aliphatic rings. The molecule has 154 valence electrons. The average Bonchev–Trinajstić information content (AvgIpc) is 3.29. The summed E-state index contributed by atoms with van der Waals surface area (Å²) in [5.74, 6) is -0.0369. The van der Waals surface area contributed by atoms with Gasteiger partial charge in [0.1, 0.15) is 0 Å². The van der Waals surface area contributed by atoms with Crippen molar-refractivity contribution in [1.29, 1.82) is 0 Å². The molecule has 2 heterocycles. The third-order valence-electron chi connectivity index (χ3n) is 5.01. The molecule has 0 aliphatic carbocycles. The van der Waals surface area contributed by atoms with Gasteiger partial charge in [-0.3, -0.25) is 4.79 Å². The number of carbonyl (C=O) groups excluding carboxylic acids is 1. The Morgan fingerprint density at radius 2 is 1.93 bits per heavy atom. The van der Waals surface area contributed by atoms with Crippen LogP contribution in [0.4, 0.5) is 5.13 Å². The van der Waals surface area contributed by atoms with Crippen LogP contribution in [0.3, 0.4) is 0 Å². The van der Waals surface area contributed by atoms with Crippen LogP contribution in [-0.4, -0.2) is 34.3 Å². The number of hydrogen-bond donors (Lipinski definition) is 1. The van der Waals surface area contributed by atoms with E-state index in [4.69, 9.17) is 4.98 Å². The Morgan fingerprint density at radius 3 is 2.67 bits per heavy atom. The van der Waals surface area contributed by atoms with Gasteiger partial charge in [0, 0.05) is 7.05 Å². The molecular formula is C23H25N5OS. The number of nitrogens with one attached hydrogen (secondary N) is 1. The second-order valence-electron chi connectivity index (χ2n) is 7.54. The molecule has 0 bridgehead atoms. The first-order valence-corrected chi connectivity index (χ1v) is 10.7. The molecule has 30 heavy (non-hydrogen) atoms. The summed E-state index contributed by atoms with van der Waals surface area (Å²) in [5.41, 5.74) is 5.00. The van der Waals surface area contributed by atoms with Crippen LogP contribution in [0.5, 0.6) is 0 Å². The van der Waals surface area contributed by atoms with E-state index in [0.29, 0.717) is 0 Å². The SMILES string of the molecule is Cc1cccc(-n2nc(C)c3sc(N(C)CC(=O)N[C@H](C)c4ccccc4)nc32)c1. The van der Waals surface area contributed by atoms with Crippen LogP contribution in [0.1, 0.15) is 29.8 Å². The highest BCUT2D eigenvalue weighted by Gasteiger charge is 2.19. The monoisotopic (exact) mass is 419 g/mol. The van der Waals surface area contributed by atoms with E-state index in [0.717, 1.165) is 32.4 Å². The van der Waals surface area contributed by atoms with Gasteiger partial charge < -0.3 is 10.2 Å². The molecule has 7 heteroatoms. The van der Waals surface area contributed by atoms with Crippen molar-refractivity contribution in [2.45, 2.75) is 26.8 Å². The van der Waals surface area contributed by atoms with Gasteiger partial charge in [-0.1, -0.05) is 53.8 Å². The topological polar surface area (TPSA) is 63.1 Å². The Morgan fingerprint density at radius 1 is 1.17 bits per heavy atom. The summed E-state index contributed by atoms with van der Waals surface area (Å²) in [6.07, 6.45) is 0. The number of carbonyl (C=O) groups is 1. The normalized spacial score (nSPS) is 12.1. The standard InChI is InChI=1S/C23H25N5OS/c1-15-9-8-12-19(13-15)28-22-21(17(3)26-28)30-23(25-22)27(4)14-20(29)24-16(2)18-10-6-5-7-11-18/h5-13,16H,14H2,1-4H3,(H,24,29)/t16-/m1/s1. The number of nitrogens with zero attached hydrogens (tertiary/aromatic N) is 4. The van der Waals surface area contributed by atoms with E-state index in [1.807, 2.05) is 72.9 Å². The number of benzene rings is 2. The lowest BCUT2D eigenvalue weighted by Gasteiger charge is -2.18. The third kappa shape index (κ3) is 4.07. The Balaban J connectivity index is 1.52. The summed E-state index contributed by atoms with van der Waals surface area (Å²) < 4.78 is 2.92. The first-order valence-electron chi connectivity index (χ1n) is 9.91. The Kier molecular flexibility index (Phi) is 5.55. The molecule has 1 amide bonds. The molecule has 2 aromatic carbocycles. The van der Waals surface area contributed by atoms with Crippen LogP contribution in [0.25, 0.3) is 16.0 Å². The van der Waals surface area contributed by atoms with Crippen molar-refractivity contribution in [1.82, 2.24) is 20.1 Å². The lowest BCUT2D eigenvalue weighted by atomic mass is 10.1. The van der Waals surface area contributed by atoms with E-state index in [2.05, 4.69) is 29.5 Å². The van der Waals surface area contributed by atoms with Crippen molar-refractivity contribution in [3.8, 4) is 5.69 Å². The predicted molar refractivity (Wildman–Crippen MR) is 122 cm³/mol. The molecule has 0 unspecified atom stereocenters. The van der Waals surface area contributed by atoms with Gasteiger partial charge in [0.25, 0.3) is 0 Å². The molecular weight excluding hydrogens is 394 g/mol. The zero-order chi connectivity index (χ0) is 21.3. The molecule has 0 radical (unpaired) electrons. The van der Waals surface area contributed by atoms with Gasteiger partial charge in [-0.15, -0.1) is 0 Å². The fraction of sp³-hybridized carbons (Fsp3) is 0.261. The van der Waals surface area contributed by atoms with Crippen molar-refractivity contribution < 1.29 is 4.79 Å². The quantitative estimate of drug-likeness (QED) is 0.503. The zero-order valence-electron chi connectivity index (χ0n) is 17.6. The van der Waals surface area contributed by atoms with Gasteiger partial charge in [-0.25, -0.2) is 4.68 Å². The summed E-state index contributed by atoms with van der Waals surface area (Å²) in [5, 5.41) is 8.52. The van der Waals surface area contributed by atoms with Gasteiger partial charge >= 0.3 is 0 Å². The van der Waals surface area contributed by atoms with E-state index in [1.54, 1.807) is 11.3 Å². The largest absolute Gasteiger partial charge is 0.348 e. The highest BCUT2D eigenvalue weighted by atomic mass is 32.1. The molecule has 0 saturated heterocycles. The van der Waals surface area contributed by atoms with Gasteiger partial charge in [-0.2, -0.15) is 10.1 Å². The van der Waals surface area contributed by atoms with Crippen molar-refractivity contribution in [3.63, 3.8) is 0 Å². The minimum absolute atomic E-state index is 0.0369. The number of likely N-dealkylation sites (N-methyl/N-ethyl adjacent to an activating group) is 1. The van der Waals surface area contributed by atoms with Gasteiger partial charge in [-0.05, 0) is 44.0 Å². The van der Waals surface area contributed by atoms with Crippen LogP contribution in [0.2, 0.25) is 0 Å². The van der Waals surface area contributed by atoms with Crippen LogP contribution in [0, 0.1) is 13.8 Å². The van der Waals surface area contributed by atoms with Gasteiger partial charge in [0.15, 0.2) is 10.8 Å². The van der Waals surface area contributed by atoms with E-state index in [9.17, 15) is 4.79 Å². The summed E-state index contributed by atoms with van der Waals surface area (Å²) in [6, 6.07) is 18.1. The number of hydrogen-bond acceptors (Lipinski definition) is 5. The number of aromatic nitrogens is 3. The molecule has 0 saturated carbocycles. The third-order valence-corrected chi connectivity index (χ3v) is 6.28. The molecule has 1 N–H and O–H groups in total. The number of amides is 1. The van der Waals surface area contributed by atoms with Crippen LogP contribution >= 0.6 is 11.3 Å². The zero-order valence-corrected chi connectivity index (χ0v) is 18.4. The lowest BCUT2D eigenvalue weighted by Crippen LogP contribution is -2.36. The number of aryl methyl sites for hydroxylation is 2. The van der Waals surface area contributed by atoms with E-state index >= 15 is 0 Å². The lowest BCUT2D eigenvalue weighted by molar-refractivity contribution is -0.120. The summed E-state index contributed by atoms with van der Waals surface area (Å²) in [6.45, 7) is 6.28.